The average Bonchev–Trinajstić information content (AvgIpc) is 2.89. The summed E-state index contributed by atoms with van der Waals surface area (Å²) >= 11 is 6.48. The van der Waals surface area contributed by atoms with E-state index in [1.807, 2.05) is 35.2 Å². The normalized spacial score (nSPS) is 14.2. The van der Waals surface area contributed by atoms with Gasteiger partial charge in [-0.1, -0.05) is 35.9 Å². The van der Waals surface area contributed by atoms with Crippen LogP contribution in [0.4, 0.5) is 11.5 Å². The highest BCUT2D eigenvalue weighted by Crippen LogP contribution is 2.34. The molecule has 0 spiro atoms. The first-order valence-corrected chi connectivity index (χ1v) is 13.3. The number of anilines is 2. The molecular weight excluding hydrogens is 498 g/mol. The van der Waals surface area contributed by atoms with Crippen molar-refractivity contribution in [2.24, 2.45) is 0 Å². The number of benzene rings is 2. The van der Waals surface area contributed by atoms with Crippen molar-refractivity contribution >= 4 is 49.8 Å². The zero-order valence-corrected chi connectivity index (χ0v) is 21.1. The predicted octanol–water partition coefficient (Wildman–Crippen LogP) is 4.42. The molecule has 0 atom stereocenters. The van der Waals surface area contributed by atoms with Crippen molar-refractivity contribution in [3.05, 3.63) is 78.1 Å². The minimum Gasteiger partial charge on any atom is -0.353 e. The molecule has 5 rings (SSSR count). The number of nitrogens with zero attached hydrogens (tertiary/aromatic N) is 4. The molecule has 10 heteroatoms. The van der Waals surface area contributed by atoms with Gasteiger partial charge in [0.25, 0.3) is 10.0 Å². The van der Waals surface area contributed by atoms with Gasteiger partial charge in [-0.15, -0.1) is 0 Å². The second-order valence-corrected chi connectivity index (χ2v) is 10.6. The van der Waals surface area contributed by atoms with Crippen LogP contribution in [0.2, 0.25) is 5.02 Å². The number of nitrogens with one attached hydrogen (secondary N) is 1. The Hall–Kier alpha value is -3.69. The predicted molar refractivity (Wildman–Crippen MR) is 142 cm³/mol. The fraction of sp³-hybridized carbons (Fsp3) is 0.192. The first kappa shape index (κ1) is 24.0. The largest absolute Gasteiger partial charge is 0.353 e. The molecule has 8 nitrogen and oxygen atoms in total. The highest BCUT2D eigenvalue weighted by Gasteiger charge is 2.21. The third kappa shape index (κ3) is 4.84. The zero-order valence-electron chi connectivity index (χ0n) is 19.6. The average molecular weight is 522 g/mol. The molecule has 0 aliphatic carbocycles. The van der Waals surface area contributed by atoms with Crippen LogP contribution in [0.1, 0.15) is 6.92 Å². The van der Waals surface area contributed by atoms with E-state index in [9.17, 15) is 13.2 Å². The Balaban J connectivity index is 1.37. The number of sulfonamides is 1. The van der Waals surface area contributed by atoms with Crippen LogP contribution in [-0.2, 0) is 14.8 Å². The number of pyridine rings is 2. The summed E-state index contributed by atoms with van der Waals surface area (Å²) in [5, 5.41) is 2.40. The number of piperazine rings is 1. The number of hydrogen-bond acceptors (Lipinski definition) is 6. The number of amides is 1. The van der Waals surface area contributed by atoms with Gasteiger partial charge in [-0.25, -0.2) is 13.4 Å². The first-order chi connectivity index (χ1) is 17.3. The number of halogens is 1. The summed E-state index contributed by atoms with van der Waals surface area (Å²) in [5.41, 5.74) is 1.68. The lowest BCUT2D eigenvalue weighted by atomic mass is 10.0. The number of fused-ring (bicyclic) bond motifs is 1. The minimum absolute atomic E-state index is 0.0495. The molecule has 2 aromatic heterocycles. The standard InChI is InChI=1S/C26H24ClN5O3S/c1-18(33)31-12-14-32(15-13-31)25-9-7-21(17-29-25)36(34,35)30-20-6-8-24(27)23(16-20)26-22-5-3-2-4-19(22)10-11-28-26/h2-11,16-17,30H,12-15H2,1H3. The lowest BCUT2D eigenvalue weighted by Crippen LogP contribution is -2.48. The monoisotopic (exact) mass is 521 g/mol. The van der Waals surface area contributed by atoms with Crippen molar-refractivity contribution in [3.63, 3.8) is 0 Å². The molecule has 1 aliphatic heterocycles. The van der Waals surface area contributed by atoms with Crippen LogP contribution in [0, 0.1) is 0 Å². The van der Waals surface area contributed by atoms with Crippen molar-refractivity contribution in [3.8, 4) is 11.3 Å². The molecule has 1 aliphatic rings. The maximum Gasteiger partial charge on any atom is 0.263 e. The molecule has 0 bridgehead atoms. The van der Waals surface area contributed by atoms with Crippen LogP contribution in [0.25, 0.3) is 22.0 Å². The van der Waals surface area contributed by atoms with Crippen molar-refractivity contribution in [2.75, 3.05) is 35.8 Å². The van der Waals surface area contributed by atoms with Gasteiger partial charge < -0.3 is 9.80 Å². The van der Waals surface area contributed by atoms with Crippen LogP contribution in [0.5, 0.6) is 0 Å². The van der Waals surface area contributed by atoms with E-state index in [0.29, 0.717) is 54.0 Å². The summed E-state index contributed by atoms with van der Waals surface area (Å²) in [5.74, 6) is 0.727. The van der Waals surface area contributed by atoms with E-state index < -0.39 is 10.0 Å². The molecule has 0 radical (unpaired) electrons. The van der Waals surface area contributed by atoms with E-state index in [-0.39, 0.29) is 10.8 Å². The van der Waals surface area contributed by atoms with Gasteiger partial charge in [0.05, 0.1) is 10.7 Å². The third-order valence-electron chi connectivity index (χ3n) is 6.23. The van der Waals surface area contributed by atoms with Crippen LogP contribution in [0.15, 0.2) is 78.0 Å². The lowest BCUT2D eigenvalue weighted by Gasteiger charge is -2.34. The topological polar surface area (TPSA) is 95.5 Å². The summed E-state index contributed by atoms with van der Waals surface area (Å²) in [6.07, 6.45) is 3.05. The van der Waals surface area contributed by atoms with E-state index in [0.717, 1.165) is 10.8 Å². The van der Waals surface area contributed by atoms with Gasteiger partial charge in [-0.05, 0) is 41.8 Å². The number of carbonyl (C=O) groups is 1. The van der Waals surface area contributed by atoms with Gasteiger partial charge in [0.1, 0.15) is 10.7 Å². The molecule has 0 saturated carbocycles. The van der Waals surface area contributed by atoms with Gasteiger partial charge >= 0.3 is 0 Å². The number of hydrogen-bond donors (Lipinski definition) is 1. The molecule has 1 saturated heterocycles. The molecule has 1 N–H and O–H groups in total. The maximum atomic E-state index is 13.1. The van der Waals surface area contributed by atoms with Crippen molar-refractivity contribution < 1.29 is 13.2 Å². The fourth-order valence-corrected chi connectivity index (χ4v) is 5.49. The Kier molecular flexibility index (Phi) is 6.51. The van der Waals surface area contributed by atoms with E-state index in [4.69, 9.17) is 11.6 Å². The highest BCUT2D eigenvalue weighted by molar-refractivity contribution is 7.92. The van der Waals surface area contributed by atoms with Crippen molar-refractivity contribution in [1.29, 1.82) is 0 Å². The first-order valence-electron chi connectivity index (χ1n) is 11.4. The van der Waals surface area contributed by atoms with Crippen molar-refractivity contribution in [1.82, 2.24) is 14.9 Å². The molecule has 184 valence electrons. The molecular formula is C26H24ClN5O3S. The number of aromatic nitrogens is 2. The quantitative estimate of drug-likeness (QED) is 0.418. The molecule has 1 fully saturated rings. The maximum absolute atomic E-state index is 13.1. The number of rotatable bonds is 5. The summed E-state index contributed by atoms with van der Waals surface area (Å²) in [4.78, 5) is 24.3. The van der Waals surface area contributed by atoms with Gasteiger partial charge in [-0.2, -0.15) is 0 Å². The van der Waals surface area contributed by atoms with Crippen LogP contribution in [-0.4, -0.2) is 55.4 Å². The van der Waals surface area contributed by atoms with E-state index >= 15 is 0 Å². The Bertz CT molecular complexity index is 1530. The molecule has 3 heterocycles. The van der Waals surface area contributed by atoms with Gasteiger partial charge in [-0.3, -0.25) is 14.5 Å². The second kappa shape index (κ2) is 9.75. The molecule has 36 heavy (non-hydrogen) atoms. The van der Waals surface area contributed by atoms with Crippen molar-refractivity contribution in [2.45, 2.75) is 11.8 Å². The third-order valence-corrected chi connectivity index (χ3v) is 7.92. The molecule has 1 amide bonds. The van der Waals surface area contributed by atoms with E-state index in [2.05, 4.69) is 14.7 Å². The summed E-state index contributed by atoms with van der Waals surface area (Å²) in [7, 11) is -3.88. The van der Waals surface area contributed by atoms with Crippen LogP contribution < -0.4 is 9.62 Å². The Morgan fingerprint density at radius 2 is 1.75 bits per heavy atom. The van der Waals surface area contributed by atoms with Gasteiger partial charge in [0, 0.05) is 62.1 Å². The SMILES string of the molecule is CC(=O)N1CCN(c2ccc(S(=O)(=O)Nc3ccc(Cl)c(-c4nccc5ccccc45)c3)cn2)CC1. The summed E-state index contributed by atoms with van der Waals surface area (Å²) < 4.78 is 28.8. The van der Waals surface area contributed by atoms with Gasteiger partial charge in [0.2, 0.25) is 5.91 Å². The molecule has 0 unspecified atom stereocenters. The zero-order chi connectivity index (χ0) is 25.3. The van der Waals surface area contributed by atoms with E-state index in [1.165, 1.54) is 12.3 Å². The minimum atomic E-state index is -3.88. The fourth-order valence-electron chi connectivity index (χ4n) is 4.29. The van der Waals surface area contributed by atoms with E-state index in [1.54, 1.807) is 42.3 Å². The Morgan fingerprint density at radius 3 is 2.47 bits per heavy atom. The Morgan fingerprint density at radius 1 is 0.972 bits per heavy atom. The Labute approximate surface area is 214 Å². The van der Waals surface area contributed by atoms with Gasteiger partial charge in [0.15, 0.2) is 0 Å². The van der Waals surface area contributed by atoms with Crippen LogP contribution >= 0.6 is 11.6 Å². The highest BCUT2D eigenvalue weighted by atomic mass is 35.5. The molecule has 4 aromatic rings. The summed E-state index contributed by atoms with van der Waals surface area (Å²) in [6.45, 7) is 4.08. The summed E-state index contributed by atoms with van der Waals surface area (Å²) in [6, 6.07) is 17.9. The van der Waals surface area contributed by atoms with Crippen LogP contribution in [0.3, 0.4) is 0 Å². The number of carbonyl (C=O) groups excluding carboxylic acids is 1. The second-order valence-electron chi connectivity index (χ2n) is 8.53. The smallest absolute Gasteiger partial charge is 0.263 e. The lowest BCUT2D eigenvalue weighted by molar-refractivity contribution is -0.129. The molecule has 2 aromatic carbocycles.